The number of rotatable bonds is 0. The Bertz CT molecular complexity index is 125. The van der Waals surface area contributed by atoms with Gasteiger partial charge < -0.3 is 10.2 Å². The fourth-order valence-corrected chi connectivity index (χ4v) is 4.97. The molecule has 14 heavy (non-hydrogen) atoms. The van der Waals surface area contributed by atoms with Gasteiger partial charge in [0.2, 0.25) is 0 Å². The van der Waals surface area contributed by atoms with E-state index in [0.717, 1.165) is 4.13 Å². The van der Waals surface area contributed by atoms with Crippen LogP contribution in [0.5, 0.6) is 0 Å². The van der Waals surface area contributed by atoms with Gasteiger partial charge in [0, 0.05) is 12.2 Å². The first-order chi connectivity index (χ1) is 6.09. The average molecular weight is 288 g/mol. The normalized spacial score (nSPS) is 22.1. The Labute approximate surface area is 92.2 Å². The van der Waals surface area contributed by atoms with Crippen molar-refractivity contribution < 1.29 is 37.7 Å². The molecule has 0 radical (unpaired) electrons. The molecule has 0 aliphatic carbocycles. The molecule has 1 unspecified atom stereocenters. The van der Waals surface area contributed by atoms with Gasteiger partial charge in [0.25, 0.3) is 0 Å². The Morgan fingerprint density at radius 2 is 1.07 bits per heavy atom. The summed E-state index contributed by atoms with van der Waals surface area (Å²) in [4.78, 5) is 0. The van der Waals surface area contributed by atoms with Gasteiger partial charge in [-0.05, 0) is 27.7 Å². The molecule has 0 aromatic carbocycles. The monoisotopic (exact) mass is 286 g/mol. The predicted octanol–water partition coefficient (Wildman–Crippen LogP) is 0.969. The Hall–Kier alpha value is 0.723. The first kappa shape index (κ1) is 17.1. The van der Waals surface area contributed by atoms with Crippen LogP contribution in [-0.4, -0.2) is 28.8 Å². The minimum atomic E-state index is -3.06. The topological polar surface area (TPSA) is 80.9 Å². The zero-order valence-corrected chi connectivity index (χ0v) is 12.2. The van der Waals surface area contributed by atoms with E-state index in [1.54, 1.807) is 27.7 Å². The third-order valence-electron chi connectivity index (χ3n) is 1.24. The van der Waals surface area contributed by atoms with Gasteiger partial charge in [0.1, 0.15) is 0 Å². The number of aliphatic hydroxyl groups is 2. The van der Waals surface area contributed by atoms with Gasteiger partial charge in [0.05, 0.1) is 0 Å². The summed E-state index contributed by atoms with van der Waals surface area (Å²) in [7, 11) is 0. The Morgan fingerprint density at radius 3 is 1.07 bits per heavy atom. The number of hydrogen-bond acceptors (Lipinski definition) is 4. The van der Waals surface area contributed by atoms with Crippen LogP contribution in [0.4, 0.5) is 0 Å². The molecule has 4 nitrogen and oxygen atoms in total. The molecule has 1 rings (SSSR count). The van der Waals surface area contributed by atoms with E-state index in [1.165, 1.54) is 0 Å². The first-order valence-corrected chi connectivity index (χ1v) is 10.3. The molecule has 1 aliphatic rings. The standard InChI is InChI=1S/2C3H8O.C3H6.2H2O.Zr/c2*1-3(2)4;1-3-2;;;/h2*3-4H,1-2H3;3H,1H2,2H3;2*1H2;/q;;;;;+2/p-2. The SMILES string of the molecule is CC(C)O.CC(C)O.C[CH]1[CH2][Zr]1([OH])[OH]. The summed E-state index contributed by atoms with van der Waals surface area (Å²) in [5.74, 6) is 0. The van der Waals surface area contributed by atoms with Crippen LogP contribution in [0.15, 0.2) is 0 Å². The van der Waals surface area contributed by atoms with Crippen molar-refractivity contribution in [3.05, 3.63) is 0 Å². The molecule has 4 N–H and O–H groups in total. The average Bonchev–Trinajstić information content (AvgIpc) is 2.32. The van der Waals surface area contributed by atoms with Gasteiger partial charge in [-0.1, -0.05) is 0 Å². The second-order valence-electron chi connectivity index (χ2n) is 4.17. The van der Waals surface area contributed by atoms with Crippen molar-refractivity contribution in [1.29, 1.82) is 0 Å². The van der Waals surface area contributed by atoms with E-state index < -0.39 is 21.1 Å². The van der Waals surface area contributed by atoms with E-state index in [2.05, 4.69) is 0 Å². The van der Waals surface area contributed by atoms with Crippen LogP contribution in [0.2, 0.25) is 7.75 Å². The minimum absolute atomic E-state index is 0.167. The zero-order valence-electron chi connectivity index (χ0n) is 9.73. The van der Waals surface area contributed by atoms with Gasteiger partial charge in [-0.2, -0.15) is 0 Å². The predicted molar refractivity (Wildman–Crippen MR) is 53.4 cm³/mol. The number of hydrogen-bond donors (Lipinski definition) is 4. The van der Waals surface area contributed by atoms with Crippen LogP contribution in [0, 0.1) is 0 Å². The van der Waals surface area contributed by atoms with Crippen molar-refractivity contribution in [1.82, 2.24) is 0 Å². The summed E-state index contributed by atoms with van der Waals surface area (Å²) in [6, 6.07) is 0. The summed E-state index contributed by atoms with van der Waals surface area (Å²) in [5, 5.41) is 16.1. The van der Waals surface area contributed by atoms with Gasteiger partial charge in [-0.3, -0.25) is 0 Å². The second-order valence-corrected chi connectivity index (χ2v) is 11.9. The molecule has 0 aromatic heterocycles. The van der Waals surface area contributed by atoms with E-state index in [9.17, 15) is 0 Å². The van der Waals surface area contributed by atoms with Crippen LogP contribution < -0.4 is 0 Å². The van der Waals surface area contributed by atoms with Gasteiger partial charge in [0.15, 0.2) is 0 Å². The van der Waals surface area contributed by atoms with E-state index >= 15 is 0 Å². The van der Waals surface area contributed by atoms with Crippen LogP contribution in [0.1, 0.15) is 34.6 Å². The van der Waals surface area contributed by atoms with E-state index in [-0.39, 0.29) is 12.2 Å². The summed E-state index contributed by atoms with van der Waals surface area (Å²) < 4.78 is 18.4. The molecular formula is C9H24O4Zr. The van der Waals surface area contributed by atoms with Crippen molar-refractivity contribution in [2.45, 2.75) is 54.6 Å². The Balaban J connectivity index is 0. The molecule has 1 heterocycles. The fourth-order valence-electron chi connectivity index (χ4n) is 0.392. The summed E-state index contributed by atoms with van der Waals surface area (Å²) in [6.07, 6.45) is -0.333. The second kappa shape index (κ2) is 7.94. The van der Waals surface area contributed by atoms with E-state index in [1.807, 2.05) is 6.92 Å². The molecule has 5 heteroatoms. The molecule has 1 atom stereocenters. The molecule has 0 spiro atoms. The first-order valence-electron chi connectivity index (χ1n) is 4.90. The summed E-state index contributed by atoms with van der Waals surface area (Å²) in [5.41, 5.74) is 0. The third-order valence-corrected chi connectivity index (χ3v) is 7.31. The van der Waals surface area contributed by atoms with Crippen molar-refractivity contribution in [3.63, 3.8) is 0 Å². The third kappa shape index (κ3) is 18.5. The van der Waals surface area contributed by atoms with Crippen LogP contribution in [0.25, 0.3) is 0 Å². The van der Waals surface area contributed by atoms with Crippen LogP contribution in [0.3, 0.4) is 0 Å². The molecule has 88 valence electrons. The van der Waals surface area contributed by atoms with Crippen molar-refractivity contribution in [2.24, 2.45) is 0 Å². The molecule has 1 aliphatic heterocycles. The Morgan fingerprint density at radius 1 is 1.00 bits per heavy atom. The van der Waals surface area contributed by atoms with Gasteiger partial charge in [-0.25, -0.2) is 0 Å². The Kier molecular flexibility index (Phi) is 9.72. The van der Waals surface area contributed by atoms with Crippen LogP contribution >= 0.6 is 0 Å². The molecular weight excluding hydrogens is 263 g/mol. The molecule has 0 bridgehead atoms. The van der Waals surface area contributed by atoms with E-state index in [4.69, 9.17) is 16.6 Å². The van der Waals surface area contributed by atoms with Gasteiger partial charge in [-0.15, -0.1) is 0 Å². The quantitative estimate of drug-likeness (QED) is 0.535. The fraction of sp³-hybridized carbons (Fsp3) is 1.00. The van der Waals surface area contributed by atoms with Crippen molar-refractivity contribution in [3.8, 4) is 0 Å². The van der Waals surface area contributed by atoms with Crippen molar-refractivity contribution >= 4 is 0 Å². The molecule has 1 fully saturated rings. The molecule has 0 saturated carbocycles. The maximum atomic E-state index is 8.67. The van der Waals surface area contributed by atoms with E-state index in [0.29, 0.717) is 3.63 Å². The molecule has 0 aromatic rings. The van der Waals surface area contributed by atoms with Crippen LogP contribution in [-0.2, 0) is 21.1 Å². The molecule has 0 amide bonds. The van der Waals surface area contributed by atoms with Gasteiger partial charge >= 0.3 is 42.2 Å². The summed E-state index contributed by atoms with van der Waals surface area (Å²) >= 11 is -3.06. The zero-order chi connectivity index (χ0) is 11.9. The molecule has 1 saturated heterocycles. The number of aliphatic hydroxyl groups excluding tert-OH is 2. The van der Waals surface area contributed by atoms with Crippen molar-refractivity contribution in [2.75, 3.05) is 0 Å². The summed E-state index contributed by atoms with van der Waals surface area (Å²) in [6.45, 7) is 8.79. The maximum absolute atomic E-state index is 8.67.